The molecule has 1 aliphatic rings. The zero-order chi connectivity index (χ0) is 9.19. The van der Waals surface area contributed by atoms with Crippen molar-refractivity contribution in [2.75, 3.05) is 6.61 Å². The minimum atomic E-state index is -2.75. The molecule has 0 aliphatic carbocycles. The Morgan fingerprint density at radius 2 is 2.33 bits per heavy atom. The molecule has 5 heteroatoms. The van der Waals surface area contributed by atoms with E-state index in [1.807, 2.05) is 0 Å². The Hall–Kier alpha value is -0.710. The van der Waals surface area contributed by atoms with Gasteiger partial charge in [0, 0.05) is 12.8 Å². The minimum absolute atomic E-state index is 0.0506. The number of carboxylic acid groups (broad SMARTS) is 1. The van der Waals surface area contributed by atoms with Crippen molar-refractivity contribution in [2.45, 2.75) is 31.3 Å². The second kappa shape index (κ2) is 3.35. The summed E-state index contributed by atoms with van der Waals surface area (Å²) in [6.07, 6.45) is -1.94. The lowest BCUT2D eigenvalue weighted by molar-refractivity contribution is -0.151. The van der Waals surface area contributed by atoms with Gasteiger partial charge in [0.25, 0.3) is 5.92 Å². The van der Waals surface area contributed by atoms with Crippen molar-refractivity contribution in [1.82, 2.24) is 0 Å². The van der Waals surface area contributed by atoms with Gasteiger partial charge in [0.2, 0.25) is 0 Å². The highest BCUT2D eigenvalue weighted by molar-refractivity contribution is 5.67. The van der Waals surface area contributed by atoms with Gasteiger partial charge < -0.3 is 9.84 Å². The highest BCUT2D eigenvalue weighted by Gasteiger charge is 2.37. The summed E-state index contributed by atoms with van der Waals surface area (Å²) in [5, 5.41) is 8.31. The Balaban J connectivity index is 2.41. The van der Waals surface area contributed by atoms with Crippen LogP contribution in [0.5, 0.6) is 0 Å². The lowest BCUT2D eigenvalue weighted by Crippen LogP contribution is -2.35. The van der Waals surface area contributed by atoms with E-state index in [0.717, 1.165) is 0 Å². The van der Waals surface area contributed by atoms with Crippen LogP contribution in [-0.2, 0) is 9.53 Å². The van der Waals surface area contributed by atoms with Crippen molar-refractivity contribution in [1.29, 1.82) is 0 Å². The zero-order valence-corrected chi connectivity index (χ0v) is 6.43. The smallest absolute Gasteiger partial charge is 0.305 e. The number of rotatable bonds is 2. The van der Waals surface area contributed by atoms with E-state index < -0.39 is 24.4 Å². The molecule has 1 rings (SSSR count). The van der Waals surface area contributed by atoms with Crippen molar-refractivity contribution in [3.05, 3.63) is 0 Å². The van der Waals surface area contributed by atoms with E-state index in [9.17, 15) is 13.6 Å². The van der Waals surface area contributed by atoms with E-state index in [2.05, 4.69) is 0 Å². The lowest BCUT2D eigenvalue weighted by Gasteiger charge is -2.28. The molecule has 1 heterocycles. The first kappa shape index (κ1) is 9.38. The number of hydrogen-bond donors (Lipinski definition) is 1. The van der Waals surface area contributed by atoms with Crippen LogP contribution in [0.25, 0.3) is 0 Å². The number of alkyl halides is 2. The number of carboxylic acids is 1. The molecule has 1 saturated heterocycles. The van der Waals surface area contributed by atoms with E-state index in [1.165, 1.54) is 0 Å². The molecular formula is C7H10F2O3. The van der Waals surface area contributed by atoms with Crippen LogP contribution in [0.2, 0.25) is 0 Å². The molecular weight excluding hydrogens is 170 g/mol. The summed E-state index contributed by atoms with van der Waals surface area (Å²) < 4.78 is 30.1. The SMILES string of the molecule is O=C(O)CC1CC(F)(F)CCO1. The van der Waals surface area contributed by atoms with E-state index >= 15 is 0 Å². The third kappa shape index (κ3) is 2.73. The van der Waals surface area contributed by atoms with Crippen LogP contribution in [-0.4, -0.2) is 29.7 Å². The maximum Gasteiger partial charge on any atom is 0.305 e. The number of aliphatic carboxylic acids is 1. The largest absolute Gasteiger partial charge is 0.481 e. The second-order valence-corrected chi connectivity index (χ2v) is 2.90. The Kier molecular flexibility index (Phi) is 2.62. The van der Waals surface area contributed by atoms with Gasteiger partial charge in [0.15, 0.2) is 0 Å². The standard InChI is InChI=1S/C7H10F2O3/c8-7(9)1-2-12-5(4-7)3-6(10)11/h5H,1-4H2,(H,10,11). The van der Waals surface area contributed by atoms with Gasteiger partial charge in [-0.25, -0.2) is 8.78 Å². The normalized spacial score (nSPS) is 28.3. The average Bonchev–Trinajstić information content (AvgIpc) is 1.82. The molecule has 1 N–H and O–H groups in total. The van der Waals surface area contributed by atoms with Gasteiger partial charge in [-0.05, 0) is 0 Å². The summed E-state index contributed by atoms with van der Waals surface area (Å²) in [6.45, 7) is -0.0506. The van der Waals surface area contributed by atoms with Crippen LogP contribution in [0.1, 0.15) is 19.3 Å². The molecule has 0 spiro atoms. The number of carbonyl (C=O) groups is 1. The predicted molar refractivity (Wildman–Crippen MR) is 36.2 cm³/mol. The van der Waals surface area contributed by atoms with Crippen LogP contribution in [0, 0.1) is 0 Å². The molecule has 0 aromatic rings. The summed E-state index contributed by atoms with van der Waals surface area (Å²) >= 11 is 0. The van der Waals surface area contributed by atoms with Crippen LogP contribution >= 0.6 is 0 Å². The van der Waals surface area contributed by atoms with Crippen LogP contribution in [0.4, 0.5) is 8.78 Å². The summed E-state index contributed by atoms with van der Waals surface area (Å²) in [5.74, 6) is -3.85. The van der Waals surface area contributed by atoms with E-state index in [0.29, 0.717) is 0 Å². The average molecular weight is 180 g/mol. The van der Waals surface area contributed by atoms with E-state index in [-0.39, 0.29) is 19.4 Å². The van der Waals surface area contributed by atoms with Crippen molar-refractivity contribution < 1.29 is 23.4 Å². The highest BCUT2D eigenvalue weighted by atomic mass is 19.3. The van der Waals surface area contributed by atoms with Crippen molar-refractivity contribution in [2.24, 2.45) is 0 Å². The van der Waals surface area contributed by atoms with Gasteiger partial charge in [-0.2, -0.15) is 0 Å². The maximum absolute atomic E-state index is 12.6. The number of ether oxygens (including phenoxy) is 1. The maximum atomic E-state index is 12.6. The van der Waals surface area contributed by atoms with Gasteiger partial charge in [-0.15, -0.1) is 0 Å². The fourth-order valence-corrected chi connectivity index (χ4v) is 1.19. The third-order valence-corrected chi connectivity index (χ3v) is 1.75. The van der Waals surface area contributed by atoms with Crippen molar-refractivity contribution >= 4 is 5.97 Å². The Labute approximate surface area is 68.3 Å². The number of halogens is 2. The second-order valence-electron chi connectivity index (χ2n) is 2.90. The monoisotopic (exact) mass is 180 g/mol. The quantitative estimate of drug-likeness (QED) is 0.696. The molecule has 0 saturated carbocycles. The van der Waals surface area contributed by atoms with Crippen LogP contribution < -0.4 is 0 Å². The molecule has 0 aromatic carbocycles. The Bertz CT molecular complexity index is 181. The first-order chi connectivity index (χ1) is 5.49. The van der Waals surface area contributed by atoms with Gasteiger partial charge in [-0.3, -0.25) is 4.79 Å². The van der Waals surface area contributed by atoms with Crippen LogP contribution in [0.15, 0.2) is 0 Å². The molecule has 0 radical (unpaired) electrons. The number of hydrogen-bond acceptors (Lipinski definition) is 2. The minimum Gasteiger partial charge on any atom is -0.481 e. The first-order valence-electron chi connectivity index (χ1n) is 3.71. The Morgan fingerprint density at radius 3 is 2.83 bits per heavy atom. The molecule has 1 unspecified atom stereocenters. The zero-order valence-electron chi connectivity index (χ0n) is 6.43. The fraction of sp³-hybridized carbons (Fsp3) is 0.857. The molecule has 0 aromatic heterocycles. The first-order valence-corrected chi connectivity index (χ1v) is 3.71. The summed E-state index contributed by atoms with van der Waals surface area (Å²) in [6, 6.07) is 0. The molecule has 70 valence electrons. The van der Waals surface area contributed by atoms with Gasteiger partial charge in [0.1, 0.15) is 0 Å². The highest BCUT2D eigenvalue weighted by Crippen LogP contribution is 2.31. The summed E-state index contributed by atoms with van der Waals surface area (Å²) in [4.78, 5) is 10.2. The lowest BCUT2D eigenvalue weighted by atomic mass is 10.0. The van der Waals surface area contributed by atoms with E-state index in [4.69, 9.17) is 9.84 Å². The van der Waals surface area contributed by atoms with E-state index in [1.54, 1.807) is 0 Å². The summed E-state index contributed by atoms with van der Waals surface area (Å²) in [5.41, 5.74) is 0. The Morgan fingerprint density at radius 1 is 1.67 bits per heavy atom. The van der Waals surface area contributed by atoms with Crippen LogP contribution in [0.3, 0.4) is 0 Å². The molecule has 1 fully saturated rings. The van der Waals surface area contributed by atoms with Gasteiger partial charge in [0.05, 0.1) is 19.1 Å². The molecule has 0 amide bonds. The van der Waals surface area contributed by atoms with Crippen molar-refractivity contribution in [3.8, 4) is 0 Å². The van der Waals surface area contributed by atoms with Crippen molar-refractivity contribution in [3.63, 3.8) is 0 Å². The molecule has 1 aliphatic heterocycles. The topological polar surface area (TPSA) is 46.5 Å². The molecule has 12 heavy (non-hydrogen) atoms. The third-order valence-electron chi connectivity index (χ3n) is 1.75. The molecule has 1 atom stereocenters. The summed E-state index contributed by atoms with van der Waals surface area (Å²) in [7, 11) is 0. The fourth-order valence-electron chi connectivity index (χ4n) is 1.19. The molecule has 0 bridgehead atoms. The molecule has 3 nitrogen and oxygen atoms in total. The predicted octanol–water partition coefficient (Wildman–Crippen LogP) is 1.28. The van der Waals surface area contributed by atoms with Gasteiger partial charge >= 0.3 is 5.97 Å². The van der Waals surface area contributed by atoms with Gasteiger partial charge in [-0.1, -0.05) is 0 Å².